The van der Waals surface area contributed by atoms with Gasteiger partial charge in [0.05, 0.1) is 11.4 Å². The standard InChI is InChI=1S/C24H34N4S/c1-7-17-10-12-20(15-23(17)27(6)16(4)5)28(24(26)29)22(9-3)19-11-13-21(25)18(8-2)14-19/h9-16H,7-8,25H2,1-6H3,(H2,26,29)/b22-9-. The highest BCUT2D eigenvalue weighted by molar-refractivity contribution is 7.80. The average Bonchev–Trinajstić information content (AvgIpc) is 2.71. The molecule has 0 saturated carbocycles. The fraction of sp³-hybridized carbons (Fsp3) is 0.375. The van der Waals surface area contributed by atoms with Crippen molar-refractivity contribution in [3.05, 3.63) is 59.2 Å². The number of hydrogen-bond acceptors (Lipinski definition) is 3. The van der Waals surface area contributed by atoms with Crippen LogP contribution in [0.15, 0.2) is 42.5 Å². The summed E-state index contributed by atoms with van der Waals surface area (Å²) in [5, 5.41) is 0.315. The molecule has 2 aromatic carbocycles. The largest absolute Gasteiger partial charge is 0.399 e. The lowest BCUT2D eigenvalue weighted by molar-refractivity contribution is 0.750. The third kappa shape index (κ3) is 4.91. The molecule has 2 rings (SSSR count). The number of nitrogens with two attached hydrogens (primary N) is 2. The van der Waals surface area contributed by atoms with E-state index in [0.29, 0.717) is 11.2 Å². The molecule has 0 saturated heterocycles. The van der Waals surface area contributed by atoms with Crippen molar-refractivity contribution in [1.82, 2.24) is 0 Å². The van der Waals surface area contributed by atoms with Crippen molar-refractivity contribution in [1.29, 1.82) is 0 Å². The zero-order chi connectivity index (χ0) is 21.7. The monoisotopic (exact) mass is 410 g/mol. The Morgan fingerprint density at radius 2 is 1.72 bits per heavy atom. The first-order valence-corrected chi connectivity index (χ1v) is 10.7. The molecule has 0 bridgehead atoms. The van der Waals surface area contributed by atoms with Gasteiger partial charge in [0, 0.05) is 24.5 Å². The average molecular weight is 411 g/mol. The van der Waals surface area contributed by atoms with E-state index in [1.54, 1.807) is 0 Å². The third-order valence-electron chi connectivity index (χ3n) is 5.42. The highest BCUT2D eigenvalue weighted by Gasteiger charge is 2.19. The van der Waals surface area contributed by atoms with Crippen LogP contribution in [0.5, 0.6) is 0 Å². The van der Waals surface area contributed by atoms with E-state index in [-0.39, 0.29) is 0 Å². The minimum atomic E-state index is 0.315. The van der Waals surface area contributed by atoms with Crippen molar-refractivity contribution >= 4 is 40.1 Å². The van der Waals surface area contributed by atoms with Gasteiger partial charge < -0.3 is 16.4 Å². The molecular weight excluding hydrogens is 376 g/mol. The lowest BCUT2D eigenvalue weighted by atomic mass is 10.0. The van der Waals surface area contributed by atoms with E-state index in [2.05, 4.69) is 63.9 Å². The molecule has 0 unspecified atom stereocenters. The van der Waals surface area contributed by atoms with Gasteiger partial charge in [-0.15, -0.1) is 0 Å². The Labute approximate surface area is 181 Å². The maximum absolute atomic E-state index is 6.22. The minimum Gasteiger partial charge on any atom is -0.399 e. The molecule has 0 atom stereocenters. The first-order chi connectivity index (χ1) is 13.7. The Balaban J connectivity index is 2.61. The van der Waals surface area contributed by atoms with Crippen molar-refractivity contribution in [3.8, 4) is 0 Å². The zero-order valence-corrected chi connectivity index (χ0v) is 19.3. The van der Waals surface area contributed by atoms with E-state index in [1.807, 2.05) is 30.0 Å². The molecule has 0 radical (unpaired) electrons. The molecule has 0 spiro atoms. The second kappa shape index (κ2) is 9.79. The summed E-state index contributed by atoms with van der Waals surface area (Å²) >= 11 is 5.47. The highest BCUT2D eigenvalue weighted by atomic mass is 32.1. The summed E-state index contributed by atoms with van der Waals surface area (Å²) in [5.41, 5.74) is 19.7. The van der Waals surface area contributed by atoms with E-state index in [4.69, 9.17) is 23.7 Å². The van der Waals surface area contributed by atoms with E-state index in [1.165, 1.54) is 11.3 Å². The van der Waals surface area contributed by atoms with Crippen LogP contribution in [0.3, 0.4) is 0 Å². The number of nitrogens with zero attached hydrogens (tertiary/aromatic N) is 2. The molecule has 2 aromatic rings. The van der Waals surface area contributed by atoms with Crippen molar-refractivity contribution < 1.29 is 0 Å². The Morgan fingerprint density at radius 3 is 2.24 bits per heavy atom. The van der Waals surface area contributed by atoms with Crippen LogP contribution in [-0.2, 0) is 12.8 Å². The molecule has 0 amide bonds. The number of aryl methyl sites for hydroxylation is 2. The minimum absolute atomic E-state index is 0.315. The summed E-state index contributed by atoms with van der Waals surface area (Å²) in [6, 6.07) is 12.9. The second-order valence-electron chi connectivity index (χ2n) is 7.49. The van der Waals surface area contributed by atoms with Crippen molar-refractivity contribution in [2.45, 2.75) is 53.5 Å². The Bertz CT molecular complexity index is 902. The molecule has 4 N–H and O–H groups in total. The fourth-order valence-corrected chi connectivity index (χ4v) is 3.68. The molecule has 0 aliphatic rings. The maximum Gasteiger partial charge on any atom is 0.175 e. The van der Waals surface area contributed by atoms with Gasteiger partial charge in [-0.2, -0.15) is 0 Å². The molecule has 0 heterocycles. The molecule has 0 aliphatic carbocycles. The predicted octanol–water partition coefficient (Wildman–Crippen LogP) is 5.35. The van der Waals surface area contributed by atoms with Crippen LogP contribution >= 0.6 is 12.2 Å². The van der Waals surface area contributed by atoms with Crippen LogP contribution in [0.25, 0.3) is 5.70 Å². The quantitative estimate of drug-likeness (QED) is 0.476. The molecule has 156 valence electrons. The smallest absolute Gasteiger partial charge is 0.175 e. The first kappa shape index (κ1) is 22.8. The Hall–Kier alpha value is -2.53. The Morgan fingerprint density at radius 1 is 1.07 bits per heavy atom. The van der Waals surface area contributed by atoms with Gasteiger partial charge in [0.2, 0.25) is 0 Å². The second-order valence-corrected chi connectivity index (χ2v) is 7.90. The van der Waals surface area contributed by atoms with Crippen LogP contribution in [0.2, 0.25) is 0 Å². The molecule has 4 nitrogen and oxygen atoms in total. The fourth-order valence-electron chi connectivity index (χ4n) is 3.48. The van der Waals surface area contributed by atoms with Crippen LogP contribution in [0.4, 0.5) is 17.1 Å². The van der Waals surface area contributed by atoms with Crippen molar-refractivity contribution in [2.75, 3.05) is 22.6 Å². The molecule has 29 heavy (non-hydrogen) atoms. The molecule has 0 aliphatic heterocycles. The van der Waals surface area contributed by atoms with E-state index in [0.717, 1.165) is 41.0 Å². The van der Waals surface area contributed by atoms with Gasteiger partial charge in [-0.25, -0.2) is 0 Å². The summed E-state index contributed by atoms with van der Waals surface area (Å²) in [5.74, 6) is 0. The Kier molecular flexibility index (Phi) is 7.68. The van der Waals surface area contributed by atoms with Gasteiger partial charge in [-0.3, -0.25) is 4.90 Å². The van der Waals surface area contributed by atoms with Gasteiger partial charge >= 0.3 is 0 Å². The van der Waals surface area contributed by atoms with Crippen molar-refractivity contribution in [2.24, 2.45) is 5.73 Å². The normalized spacial score (nSPS) is 11.6. The van der Waals surface area contributed by atoms with Crippen LogP contribution in [0, 0.1) is 0 Å². The number of thiocarbonyl (C=S) groups is 1. The number of rotatable bonds is 7. The summed E-state index contributed by atoms with van der Waals surface area (Å²) in [4.78, 5) is 4.23. The predicted molar refractivity (Wildman–Crippen MR) is 133 cm³/mol. The number of benzene rings is 2. The lowest BCUT2D eigenvalue weighted by Crippen LogP contribution is -2.34. The summed E-state index contributed by atoms with van der Waals surface area (Å²) in [6.07, 6.45) is 3.88. The van der Waals surface area contributed by atoms with Crippen LogP contribution in [0.1, 0.15) is 51.3 Å². The van der Waals surface area contributed by atoms with Gasteiger partial charge in [-0.05, 0) is 86.8 Å². The maximum atomic E-state index is 6.22. The van der Waals surface area contributed by atoms with Gasteiger partial charge in [0.1, 0.15) is 0 Å². The van der Waals surface area contributed by atoms with Gasteiger partial charge in [0.15, 0.2) is 5.11 Å². The molecule has 5 heteroatoms. The number of anilines is 3. The first-order valence-electron chi connectivity index (χ1n) is 10.2. The molecular formula is C24H34N4S. The highest BCUT2D eigenvalue weighted by Crippen LogP contribution is 2.33. The summed E-state index contributed by atoms with van der Waals surface area (Å²) in [6.45, 7) is 10.7. The van der Waals surface area contributed by atoms with E-state index in [9.17, 15) is 0 Å². The molecule has 0 fully saturated rings. The van der Waals surface area contributed by atoms with Gasteiger partial charge in [0.25, 0.3) is 0 Å². The number of hydrogen-bond donors (Lipinski definition) is 2. The zero-order valence-electron chi connectivity index (χ0n) is 18.5. The number of nitrogen functional groups attached to an aromatic ring is 1. The lowest BCUT2D eigenvalue weighted by Gasteiger charge is -2.31. The number of allylic oxidation sites excluding steroid dienone is 1. The summed E-state index contributed by atoms with van der Waals surface area (Å²) < 4.78 is 0. The van der Waals surface area contributed by atoms with Crippen LogP contribution in [-0.4, -0.2) is 18.2 Å². The van der Waals surface area contributed by atoms with E-state index < -0.39 is 0 Å². The SMILES string of the molecule is C/C=C(/c1ccc(N)c(CC)c1)N(C(N)=S)c1ccc(CC)c(N(C)C(C)C)c1. The van der Waals surface area contributed by atoms with Gasteiger partial charge in [-0.1, -0.05) is 32.1 Å². The van der Waals surface area contributed by atoms with Crippen molar-refractivity contribution in [3.63, 3.8) is 0 Å². The topological polar surface area (TPSA) is 58.5 Å². The third-order valence-corrected chi connectivity index (χ3v) is 5.60. The van der Waals surface area contributed by atoms with Crippen LogP contribution < -0.4 is 21.3 Å². The van der Waals surface area contributed by atoms with E-state index >= 15 is 0 Å². The summed E-state index contributed by atoms with van der Waals surface area (Å²) in [7, 11) is 2.12. The molecule has 0 aromatic heterocycles.